The Morgan fingerprint density at radius 3 is 2.68 bits per heavy atom. The number of likely N-dealkylation sites (tertiary alicyclic amines) is 1. The van der Waals surface area contributed by atoms with Crippen LogP contribution < -0.4 is 14.8 Å². The molecule has 1 atom stereocenters. The Labute approximate surface area is 296 Å². The second kappa shape index (κ2) is 16.7. The van der Waals surface area contributed by atoms with Gasteiger partial charge in [-0.1, -0.05) is 23.7 Å². The fourth-order valence-corrected chi connectivity index (χ4v) is 6.49. The molecular weight excluding hydrogens is 654 g/mol. The molecule has 2 aromatic carbocycles. The van der Waals surface area contributed by atoms with Crippen molar-refractivity contribution in [2.24, 2.45) is 0 Å². The van der Waals surface area contributed by atoms with Gasteiger partial charge in [0, 0.05) is 58.8 Å². The number of aldehydes is 1. The monoisotopic (exact) mass is 693 g/mol. The number of aliphatic hydroxyl groups is 1. The molecule has 1 aliphatic rings. The van der Waals surface area contributed by atoms with Gasteiger partial charge < -0.3 is 29.6 Å². The summed E-state index contributed by atoms with van der Waals surface area (Å²) in [5.41, 5.74) is 6.53. The van der Waals surface area contributed by atoms with E-state index in [0.29, 0.717) is 41.3 Å². The van der Waals surface area contributed by atoms with Crippen LogP contribution in [0, 0.1) is 18.3 Å². The fraction of sp³-hybridized carbons (Fsp3) is 0.342. The number of pyridine rings is 2. The molecule has 1 aliphatic heterocycles. The molecule has 5 aromatic rings. The highest BCUT2D eigenvalue weighted by molar-refractivity contribution is 6.31. The number of benzene rings is 2. The molecule has 0 bridgehead atoms. The van der Waals surface area contributed by atoms with Crippen LogP contribution >= 0.6 is 11.6 Å². The maximum absolute atomic E-state index is 11.3. The Morgan fingerprint density at radius 1 is 1.04 bits per heavy atom. The Morgan fingerprint density at radius 2 is 1.88 bits per heavy atom. The molecule has 1 fully saturated rings. The van der Waals surface area contributed by atoms with Gasteiger partial charge in [0.25, 0.3) is 0 Å². The Kier molecular flexibility index (Phi) is 11.7. The van der Waals surface area contributed by atoms with Crippen molar-refractivity contribution in [2.45, 2.75) is 51.9 Å². The first-order chi connectivity index (χ1) is 24.5. The van der Waals surface area contributed by atoms with Crippen LogP contribution in [0.4, 0.5) is 0 Å². The molecule has 0 amide bonds. The summed E-state index contributed by atoms with van der Waals surface area (Å²) >= 11 is 6.84. The number of carbonyl (C=O) groups excluding carboxylic acids is 1. The van der Waals surface area contributed by atoms with E-state index in [0.717, 1.165) is 57.4 Å². The topological polar surface area (TPSA) is 138 Å². The quantitative estimate of drug-likeness (QED) is 0.101. The second-order valence-corrected chi connectivity index (χ2v) is 12.8. The van der Waals surface area contributed by atoms with E-state index in [-0.39, 0.29) is 19.8 Å². The zero-order valence-electron chi connectivity index (χ0n) is 28.0. The summed E-state index contributed by atoms with van der Waals surface area (Å²) < 4.78 is 14.3. The molecule has 258 valence electrons. The number of hydrogen-bond acceptors (Lipinski definition) is 10. The molecule has 2 N–H and O–H groups in total. The van der Waals surface area contributed by atoms with Crippen molar-refractivity contribution < 1.29 is 19.4 Å². The highest BCUT2D eigenvalue weighted by atomic mass is 35.5. The third-order valence-electron chi connectivity index (χ3n) is 9.00. The van der Waals surface area contributed by atoms with E-state index in [1.54, 1.807) is 24.5 Å². The van der Waals surface area contributed by atoms with Gasteiger partial charge in [-0.2, -0.15) is 10.4 Å². The van der Waals surface area contributed by atoms with Crippen molar-refractivity contribution in [3.8, 4) is 28.7 Å². The van der Waals surface area contributed by atoms with Crippen LogP contribution in [-0.2, 0) is 24.5 Å². The van der Waals surface area contributed by atoms with Crippen molar-refractivity contribution in [3.05, 3.63) is 100 Å². The highest BCUT2D eigenvalue weighted by Gasteiger charge is 2.18. The van der Waals surface area contributed by atoms with E-state index in [1.165, 1.54) is 32.1 Å². The van der Waals surface area contributed by atoms with Gasteiger partial charge >= 0.3 is 0 Å². The van der Waals surface area contributed by atoms with Crippen LogP contribution in [0.2, 0.25) is 5.02 Å². The standard InChI is InChI=1S/C38H40ClN7O4/c1-26-32(6-4-7-37(26)49-11-5-10-45-8-2-3-9-45)33-19-42-21-36-34(33)20-44-46(36)22-30-14-38(50-25-28-12-27(15-40)16-41-17-28)29(13-35(30)39)18-43-31(23-47)24-48/h4,6-7,12-14,16-17,19-21,23,31,43,48H,2-3,5,8-11,18,22,24-25H2,1H3. The van der Waals surface area contributed by atoms with Crippen molar-refractivity contribution in [1.29, 1.82) is 5.26 Å². The van der Waals surface area contributed by atoms with E-state index < -0.39 is 6.04 Å². The van der Waals surface area contributed by atoms with Gasteiger partial charge in [-0.25, -0.2) is 0 Å². The van der Waals surface area contributed by atoms with Crippen LogP contribution in [0.25, 0.3) is 22.0 Å². The molecule has 6 rings (SSSR count). The second-order valence-electron chi connectivity index (χ2n) is 12.4. The van der Waals surface area contributed by atoms with E-state index in [1.807, 2.05) is 35.3 Å². The first kappa shape index (κ1) is 35.0. The molecule has 1 saturated heterocycles. The van der Waals surface area contributed by atoms with Gasteiger partial charge in [0.2, 0.25) is 0 Å². The smallest absolute Gasteiger partial charge is 0.139 e. The summed E-state index contributed by atoms with van der Waals surface area (Å²) in [4.78, 5) is 22.5. The number of aromatic nitrogens is 4. The Hall–Kier alpha value is -4.86. The molecule has 12 heteroatoms. The Balaban J connectivity index is 1.24. The normalized spacial score (nSPS) is 13.7. The average molecular weight is 694 g/mol. The number of carbonyl (C=O) groups is 1. The van der Waals surface area contributed by atoms with E-state index in [4.69, 9.17) is 26.2 Å². The molecule has 3 aromatic heterocycles. The molecule has 11 nitrogen and oxygen atoms in total. The van der Waals surface area contributed by atoms with Crippen LogP contribution in [0.5, 0.6) is 11.5 Å². The van der Waals surface area contributed by atoms with Crippen LogP contribution in [0.3, 0.4) is 0 Å². The van der Waals surface area contributed by atoms with Crippen LogP contribution in [-0.4, -0.2) is 74.9 Å². The number of nitrogens with zero attached hydrogens (tertiary/aromatic N) is 6. The minimum Gasteiger partial charge on any atom is -0.493 e. The van der Waals surface area contributed by atoms with Crippen LogP contribution in [0.1, 0.15) is 47.1 Å². The lowest BCUT2D eigenvalue weighted by Gasteiger charge is -2.17. The molecule has 50 heavy (non-hydrogen) atoms. The number of rotatable bonds is 16. The van der Waals surface area contributed by atoms with Gasteiger partial charge in [-0.3, -0.25) is 14.6 Å². The minimum absolute atomic E-state index is 0.159. The summed E-state index contributed by atoms with van der Waals surface area (Å²) in [5.74, 6) is 1.40. The van der Waals surface area contributed by atoms with E-state index in [9.17, 15) is 15.2 Å². The molecule has 0 radical (unpaired) electrons. The van der Waals surface area contributed by atoms with Gasteiger partial charge in [0.15, 0.2) is 0 Å². The van der Waals surface area contributed by atoms with Gasteiger partial charge in [0.1, 0.15) is 30.5 Å². The summed E-state index contributed by atoms with van der Waals surface area (Å²) in [7, 11) is 0. The van der Waals surface area contributed by atoms with Gasteiger partial charge in [-0.05, 0) is 80.2 Å². The first-order valence-electron chi connectivity index (χ1n) is 16.8. The van der Waals surface area contributed by atoms with E-state index >= 15 is 0 Å². The SMILES string of the molecule is Cc1c(OCCCN2CCCC2)cccc1-c1cncc2c1cnn2Cc1cc(OCc2cncc(C#N)c2)c(CNC(C=O)CO)cc1Cl. The highest BCUT2D eigenvalue weighted by Crippen LogP contribution is 2.35. The average Bonchev–Trinajstić information content (AvgIpc) is 3.82. The lowest BCUT2D eigenvalue weighted by molar-refractivity contribution is -0.110. The molecule has 0 spiro atoms. The van der Waals surface area contributed by atoms with Crippen molar-refractivity contribution in [3.63, 3.8) is 0 Å². The third-order valence-corrected chi connectivity index (χ3v) is 9.36. The van der Waals surface area contributed by atoms with Crippen molar-refractivity contribution in [2.75, 3.05) is 32.8 Å². The number of aliphatic hydroxyl groups excluding tert-OH is 1. The van der Waals surface area contributed by atoms with Crippen LogP contribution in [0.15, 0.2) is 67.4 Å². The molecular formula is C38H40ClN7O4. The number of nitriles is 1. The number of nitrogens with one attached hydrogen (secondary N) is 1. The molecule has 0 aliphatic carbocycles. The van der Waals surface area contributed by atoms with Gasteiger partial charge in [0.05, 0.1) is 49.3 Å². The summed E-state index contributed by atoms with van der Waals surface area (Å²) in [5, 5.41) is 28.0. The molecule has 0 saturated carbocycles. The lowest BCUT2D eigenvalue weighted by atomic mass is 9.99. The van der Waals surface area contributed by atoms with Crippen molar-refractivity contribution in [1.82, 2.24) is 30.0 Å². The minimum atomic E-state index is -0.731. The molecule has 4 heterocycles. The Bertz CT molecular complexity index is 1990. The predicted octanol–water partition coefficient (Wildman–Crippen LogP) is 5.47. The maximum atomic E-state index is 11.3. The van der Waals surface area contributed by atoms with Crippen molar-refractivity contribution >= 4 is 28.8 Å². The molecule has 1 unspecified atom stereocenters. The number of fused-ring (bicyclic) bond motifs is 1. The number of halogens is 1. The number of hydrogen-bond donors (Lipinski definition) is 2. The largest absolute Gasteiger partial charge is 0.493 e. The van der Waals surface area contributed by atoms with Gasteiger partial charge in [-0.15, -0.1) is 0 Å². The predicted molar refractivity (Wildman–Crippen MR) is 191 cm³/mol. The number of ether oxygens (including phenoxy) is 2. The lowest BCUT2D eigenvalue weighted by Crippen LogP contribution is -2.33. The summed E-state index contributed by atoms with van der Waals surface area (Å²) in [6, 6.07) is 12.8. The maximum Gasteiger partial charge on any atom is 0.139 e. The van der Waals surface area contributed by atoms with E-state index in [2.05, 4.69) is 39.2 Å². The zero-order chi connectivity index (χ0) is 34.9. The third kappa shape index (κ3) is 8.29. The summed E-state index contributed by atoms with van der Waals surface area (Å²) in [6.07, 6.45) is 12.9. The zero-order valence-corrected chi connectivity index (χ0v) is 28.8. The fourth-order valence-electron chi connectivity index (χ4n) is 6.25. The summed E-state index contributed by atoms with van der Waals surface area (Å²) in [6.45, 7) is 6.59. The first-order valence-corrected chi connectivity index (χ1v) is 17.2.